The van der Waals surface area contributed by atoms with Gasteiger partial charge in [0.25, 0.3) is 0 Å². The lowest BCUT2D eigenvalue weighted by Crippen LogP contribution is -2.38. The van der Waals surface area contributed by atoms with Crippen LogP contribution in [0.25, 0.3) is 10.9 Å². The Morgan fingerprint density at radius 3 is 2.48 bits per heavy atom. The van der Waals surface area contributed by atoms with Gasteiger partial charge in [0.05, 0.1) is 6.42 Å². The number of carbonyl (C=O) groups is 1. The zero-order valence-electron chi connectivity index (χ0n) is 14.7. The van der Waals surface area contributed by atoms with Gasteiger partial charge in [-0.25, -0.2) is 0 Å². The molecular formula is C22H24N2O. The number of rotatable bonds is 3. The number of para-hydroxylation sites is 1. The molecule has 3 aromatic rings. The van der Waals surface area contributed by atoms with Crippen LogP contribution in [0, 0.1) is 6.92 Å². The van der Waals surface area contributed by atoms with Crippen molar-refractivity contribution in [3.63, 3.8) is 0 Å². The zero-order chi connectivity index (χ0) is 17.2. The molecule has 3 nitrogen and oxygen atoms in total. The Balaban J connectivity index is 1.44. The number of aryl methyl sites for hydroxylation is 1. The molecule has 2 heterocycles. The number of nitrogens with zero attached hydrogens (tertiary/aromatic N) is 1. The van der Waals surface area contributed by atoms with Crippen molar-refractivity contribution >= 4 is 16.8 Å². The van der Waals surface area contributed by atoms with E-state index in [0.29, 0.717) is 12.3 Å². The normalized spacial score (nSPS) is 15.6. The minimum absolute atomic E-state index is 0.250. The molecule has 4 rings (SSSR count). The number of likely N-dealkylation sites (tertiary alicyclic amines) is 1. The molecular weight excluding hydrogens is 308 g/mol. The molecule has 0 aliphatic carbocycles. The average Bonchev–Trinajstić information content (AvgIpc) is 2.98. The Labute approximate surface area is 148 Å². The molecule has 2 aromatic carbocycles. The maximum Gasteiger partial charge on any atom is 0.226 e. The largest absolute Gasteiger partial charge is 0.358 e. The highest BCUT2D eigenvalue weighted by Crippen LogP contribution is 2.35. The molecule has 1 aromatic heterocycles. The third kappa shape index (κ3) is 3.19. The summed E-state index contributed by atoms with van der Waals surface area (Å²) in [7, 11) is 0. The van der Waals surface area contributed by atoms with E-state index >= 15 is 0 Å². The number of hydrogen-bond acceptors (Lipinski definition) is 1. The lowest BCUT2D eigenvalue weighted by Gasteiger charge is -2.32. The predicted octanol–water partition coefficient (Wildman–Crippen LogP) is 4.43. The average molecular weight is 332 g/mol. The highest BCUT2D eigenvalue weighted by Gasteiger charge is 2.26. The summed E-state index contributed by atoms with van der Waals surface area (Å²) in [5.74, 6) is 0.789. The lowest BCUT2D eigenvalue weighted by atomic mass is 9.87. The number of hydrogen-bond donors (Lipinski definition) is 1. The molecule has 1 fully saturated rings. The summed E-state index contributed by atoms with van der Waals surface area (Å²) >= 11 is 0. The fraction of sp³-hybridized carbons (Fsp3) is 0.318. The van der Waals surface area contributed by atoms with Gasteiger partial charge in [-0.2, -0.15) is 0 Å². The number of amides is 1. The minimum atomic E-state index is 0.250. The highest BCUT2D eigenvalue weighted by atomic mass is 16.2. The first-order chi connectivity index (χ1) is 12.2. The Morgan fingerprint density at radius 1 is 1.04 bits per heavy atom. The molecule has 0 spiro atoms. The van der Waals surface area contributed by atoms with Crippen molar-refractivity contribution in [3.05, 3.63) is 71.4 Å². The number of nitrogens with one attached hydrogen (secondary N) is 1. The quantitative estimate of drug-likeness (QED) is 0.757. The molecule has 128 valence electrons. The molecule has 0 unspecified atom stereocenters. The maximum atomic E-state index is 12.6. The molecule has 3 heteroatoms. The van der Waals surface area contributed by atoms with Gasteiger partial charge in [0.1, 0.15) is 0 Å². The van der Waals surface area contributed by atoms with Crippen molar-refractivity contribution in [1.82, 2.24) is 9.88 Å². The summed E-state index contributed by atoms with van der Waals surface area (Å²) in [4.78, 5) is 18.1. The summed E-state index contributed by atoms with van der Waals surface area (Å²) in [6.45, 7) is 3.88. The van der Waals surface area contributed by atoms with Crippen molar-refractivity contribution < 1.29 is 4.79 Å². The number of H-pyrrole nitrogens is 1. The van der Waals surface area contributed by atoms with Crippen LogP contribution in [0.1, 0.15) is 35.6 Å². The van der Waals surface area contributed by atoms with Crippen LogP contribution in [-0.2, 0) is 11.2 Å². The van der Waals surface area contributed by atoms with Gasteiger partial charge in [-0.05, 0) is 42.9 Å². The van der Waals surface area contributed by atoms with Crippen molar-refractivity contribution in [2.75, 3.05) is 13.1 Å². The summed E-state index contributed by atoms with van der Waals surface area (Å²) in [5.41, 5.74) is 5.04. The van der Waals surface area contributed by atoms with E-state index in [1.165, 1.54) is 22.2 Å². The molecule has 25 heavy (non-hydrogen) atoms. The molecule has 0 atom stereocenters. The zero-order valence-corrected chi connectivity index (χ0v) is 14.7. The van der Waals surface area contributed by atoms with Gasteiger partial charge in [0, 0.05) is 29.7 Å². The summed E-state index contributed by atoms with van der Waals surface area (Å²) in [6, 6.07) is 18.6. The molecule has 1 amide bonds. The fourth-order valence-corrected chi connectivity index (χ4v) is 4.12. The van der Waals surface area contributed by atoms with E-state index in [1.807, 2.05) is 35.2 Å². The SMILES string of the molecule is Cc1[nH]c2ccccc2c1C1CCN(C(=O)Cc2ccccc2)CC1. The van der Waals surface area contributed by atoms with E-state index in [9.17, 15) is 4.79 Å². The predicted molar refractivity (Wildman–Crippen MR) is 102 cm³/mol. The Morgan fingerprint density at radius 2 is 1.72 bits per heavy atom. The first-order valence-corrected chi connectivity index (χ1v) is 9.11. The van der Waals surface area contributed by atoms with Gasteiger partial charge in [0.15, 0.2) is 0 Å². The van der Waals surface area contributed by atoms with Gasteiger partial charge in [-0.3, -0.25) is 4.79 Å². The number of aromatic amines is 1. The van der Waals surface area contributed by atoms with Gasteiger partial charge in [-0.15, -0.1) is 0 Å². The third-order valence-corrected chi connectivity index (χ3v) is 5.40. The van der Waals surface area contributed by atoms with Crippen molar-refractivity contribution in [3.8, 4) is 0 Å². The molecule has 1 aliphatic heterocycles. The second-order valence-electron chi connectivity index (χ2n) is 7.03. The van der Waals surface area contributed by atoms with Gasteiger partial charge in [0.2, 0.25) is 5.91 Å². The van der Waals surface area contributed by atoms with E-state index in [2.05, 4.69) is 36.2 Å². The lowest BCUT2D eigenvalue weighted by molar-refractivity contribution is -0.131. The van der Waals surface area contributed by atoms with Crippen LogP contribution in [0.3, 0.4) is 0 Å². The second-order valence-corrected chi connectivity index (χ2v) is 7.03. The smallest absolute Gasteiger partial charge is 0.226 e. The van der Waals surface area contributed by atoms with Crippen LogP contribution in [0.5, 0.6) is 0 Å². The highest BCUT2D eigenvalue weighted by molar-refractivity contribution is 5.85. The van der Waals surface area contributed by atoms with Crippen LogP contribution in [-0.4, -0.2) is 28.9 Å². The first kappa shape index (κ1) is 15.9. The number of carbonyl (C=O) groups excluding carboxylic acids is 1. The molecule has 1 N–H and O–H groups in total. The van der Waals surface area contributed by atoms with E-state index in [-0.39, 0.29) is 5.91 Å². The van der Waals surface area contributed by atoms with E-state index < -0.39 is 0 Å². The summed E-state index contributed by atoms with van der Waals surface area (Å²) in [6.07, 6.45) is 2.60. The first-order valence-electron chi connectivity index (χ1n) is 9.11. The fourth-order valence-electron chi connectivity index (χ4n) is 4.12. The van der Waals surface area contributed by atoms with E-state index in [1.54, 1.807) is 0 Å². The Kier molecular flexibility index (Phi) is 4.31. The number of aromatic nitrogens is 1. The van der Waals surface area contributed by atoms with Crippen LogP contribution < -0.4 is 0 Å². The Hall–Kier alpha value is -2.55. The van der Waals surface area contributed by atoms with Crippen molar-refractivity contribution in [2.24, 2.45) is 0 Å². The second kappa shape index (κ2) is 6.75. The van der Waals surface area contributed by atoms with Gasteiger partial charge >= 0.3 is 0 Å². The van der Waals surface area contributed by atoms with Crippen LogP contribution in [0.15, 0.2) is 54.6 Å². The van der Waals surface area contributed by atoms with E-state index in [4.69, 9.17) is 0 Å². The number of fused-ring (bicyclic) bond motifs is 1. The molecule has 1 aliphatic rings. The topological polar surface area (TPSA) is 36.1 Å². The summed E-state index contributed by atoms with van der Waals surface area (Å²) < 4.78 is 0. The monoisotopic (exact) mass is 332 g/mol. The molecule has 0 radical (unpaired) electrons. The molecule has 0 bridgehead atoms. The van der Waals surface area contributed by atoms with Crippen molar-refractivity contribution in [2.45, 2.75) is 32.1 Å². The standard InChI is InChI=1S/C22H24N2O/c1-16-22(19-9-5-6-10-20(19)23-16)18-11-13-24(14-12-18)21(25)15-17-7-3-2-4-8-17/h2-10,18,23H,11-15H2,1H3. The molecule has 0 saturated carbocycles. The molecule has 1 saturated heterocycles. The Bertz CT molecular complexity index is 873. The van der Waals surface area contributed by atoms with Gasteiger partial charge < -0.3 is 9.88 Å². The minimum Gasteiger partial charge on any atom is -0.358 e. The van der Waals surface area contributed by atoms with Crippen LogP contribution in [0.4, 0.5) is 0 Å². The van der Waals surface area contributed by atoms with E-state index in [0.717, 1.165) is 31.5 Å². The third-order valence-electron chi connectivity index (χ3n) is 5.40. The number of benzene rings is 2. The summed E-state index contributed by atoms with van der Waals surface area (Å²) in [5, 5.41) is 1.34. The number of piperidine rings is 1. The van der Waals surface area contributed by atoms with Crippen LogP contribution >= 0.6 is 0 Å². The van der Waals surface area contributed by atoms with Crippen molar-refractivity contribution in [1.29, 1.82) is 0 Å². The van der Waals surface area contributed by atoms with Crippen LogP contribution in [0.2, 0.25) is 0 Å². The van der Waals surface area contributed by atoms with Gasteiger partial charge in [-0.1, -0.05) is 48.5 Å². The maximum absolute atomic E-state index is 12.6.